The van der Waals surface area contributed by atoms with Crippen molar-refractivity contribution in [1.29, 1.82) is 0 Å². The molecule has 0 heterocycles. The highest BCUT2D eigenvalue weighted by Gasteiger charge is 2.27. The molecule has 0 saturated heterocycles. The van der Waals surface area contributed by atoms with Gasteiger partial charge in [0.05, 0.1) is 10.5 Å². The van der Waals surface area contributed by atoms with E-state index in [1.807, 2.05) is 0 Å². The summed E-state index contributed by atoms with van der Waals surface area (Å²) in [6, 6.07) is 2.23. The van der Waals surface area contributed by atoms with E-state index in [1.54, 1.807) is 7.05 Å². The Morgan fingerprint density at radius 1 is 1.33 bits per heavy atom. The summed E-state index contributed by atoms with van der Waals surface area (Å²) in [6.07, 6.45) is 3.86. The van der Waals surface area contributed by atoms with Crippen molar-refractivity contribution in [2.45, 2.75) is 43.5 Å². The number of nitrogens with two attached hydrogens (primary N) is 1. The molecular formula is C14H19FN2O3S. The zero-order valence-corrected chi connectivity index (χ0v) is 12.9. The van der Waals surface area contributed by atoms with Gasteiger partial charge in [-0.2, -0.15) is 0 Å². The smallest absolute Gasteiger partial charge is 0.256 e. The van der Waals surface area contributed by atoms with Crippen molar-refractivity contribution in [2.24, 2.45) is 5.14 Å². The highest BCUT2D eigenvalue weighted by molar-refractivity contribution is 7.89. The molecule has 7 heteroatoms. The predicted octanol–water partition coefficient (Wildman–Crippen LogP) is 1.80. The number of rotatable bonds is 3. The van der Waals surface area contributed by atoms with Crippen LogP contribution in [-0.2, 0) is 10.0 Å². The molecule has 2 N–H and O–H groups in total. The van der Waals surface area contributed by atoms with Gasteiger partial charge in [-0.25, -0.2) is 17.9 Å². The van der Waals surface area contributed by atoms with Gasteiger partial charge >= 0.3 is 0 Å². The van der Waals surface area contributed by atoms with Gasteiger partial charge in [0.1, 0.15) is 5.82 Å². The number of amides is 1. The zero-order chi connectivity index (χ0) is 15.8. The van der Waals surface area contributed by atoms with Crippen LogP contribution in [0.1, 0.15) is 41.6 Å². The molecule has 1 aliphatic rings. The third-order valence-electron chi connectivity index (χ3n) is 3.98. The summed E-state index contributed by atoms with van der Waals surface area (Å²) in [7, 11) is -2.36. The quantitative estimate of drug-likeness (QED) is 0.923. The van der Waals surface area contributed by atoms with Crippen LogP contribution in [0, 0.1) is 12.7 Å². The minimum Gasteiger partial charge on any atom is -0.339 e. The van der Waals surface area contributed by atoms with E-state index in [2.05, 4.69) is 0 Å². The average molecular weight is 314 g/mol. The molecule has 1 amide bonds. The standard InChI is InChI=1S/C14H19FN2O3S/c1-9-7-11(21(16,19)20)8-12(13(9)15)14(18)17(2)10-5-3-4-6-10/h7-8,10H,3-6H2,1-2H3,(H2,16,19,20). The second-order valence-corrected chi connectivity index (χ2v) is 7.06. The summed E-state index contributed by atoms with van der Waals surface area (Å²) >= 11 is 0. The first-order valence-corrected chi connectivity index (χ1v) is 8.36. The number of hydrogen-bond acceptors (Lipinski definition) is 3. The van der Waals surface area contributed by atoms with E-state index in [1.165, 1.54) is 11.8 Å². The molecule has 0 aliphatic heterocycles. The van der Waals surface area contributed by atoms with Crippen molar-refractivity contribution >= 4 is 15.9 Å². The molecule has 0 atom stereocenters. The zero-order valence-electron chi connectivity index (χ0n) is 12.1. The number of sulfonamides is 1. The summed E-state index contributed by atoms with van der Waals surface area (Å²) in [5, 5.41) is 5.07. The molecule has 1 aromatic carbocycles. The summed E-state index contributed by atoms with van der Waals surface area (Å²) in [4.78, 5) is 13.7. The monoisotopic (exact) mass is 314 g/mol. The maximum atomic E-state index is 14.2. The number of carbonyl (C=O) groups excluding carboxylic acids is 1. The molecule has 2 rings (SSSR count). The van der Waals surface area contributed by atoms with Crippen LogP contribution in [0.15, 0.2) is 17.0 Å². The minimum absolute atomic E-state index is 0.0790. The summed E-state index contributed by atoms with van der Waals surface area (Å²) < 4.78 is 37.0. The maximum absolute atomic E-state index is 14.2. The fourth-order valence-electron chi connectivity index (χ4n) is 2.70. The van der Waals surface area contributed by atoms with Crippen molar-refractivity contribution in [3.05, 3.63) is 29.1 Å². The topological polar surface area (TPSA) is 80.5 Å². The number of hydrogen-bond donors (Lipinski definition) is 1. The van der Waals surface area contributed by atoms with Crippen LogP contribution < -0.4 is 5.14 Å². The molecule has 0 spiro atoms. The number of benzene rings is 1. The number of primary sulfonamides is 1. The van der Waals surface area contributed by atoms with E-state index < -0.39 is 21.7 Å². The molecule has 5 nitrogen and oxygen atoms in total. The fourth-order valence-corrected chi connectivity index (χ4v) is 3.33. The lowest BCUT2D eigenvalue weighted by atomic mass is 10.1. The van der Waals surface area contributed by atoms with E-state index in [9.17, 15) is 17.6 Å². The molecule has 1 aromatic rings. The normalized spacial score (nSPS) is 16.2. The number of aryl methyl sites for hydroxylation is 1. The van der Waals surface area contributed by atoms with E-state index >= 15 is 0 Å². The van der Waals surface area contributed by atoms with Crippen molar-refractivity contribution in [3.8, 4) is 0 Å². The summed E-state index contributed by atoms with van der Waals surface area (Å²) in [6.45, 7) is 1.41. The Balaban J connectivity index is 2.42. The highest BCUT2D eigenvalue weighted by atomic mass is 32.2. The number of halogens is 1. The summed E-state index contributed by atoms with van der Waals surface area (Å²) in [5.41, 5.74) is -0.155. The maximum Gasteiger partial charge on any atom is 0.256 e. The number of nitrogens with zero attached hydrogens (tertiary/aromatic N) is 1. The van der Waals surface area contributed by atoms with Gasteiger partial charge in [-0.15, -0.1) is 0 Å². The average Bonchev–Trinajstić information content (AvgIpc) is 2.92. The van der Waals surface area contributed by atoms with Gasteiger partial charge in [-0.1, -0.05) is 12.8 Å². The Morgan fingerprint density at radius 2 is 1.90 bits per heavy atom. The third-order valence-corrected chi connectivity index (χ3v) is 4.87. The Hall–Kier alpha value is -1.47. The molecule has 0 aromatic heterocycles. The SMILES string of the molecule is Cc1cc(S(N)(=O)=O)cc(C(=O)N(C)C2CCCC2)c1F. The molecule has 0 unspecified atom stereocenters. The van der Waals surface area contributed by atoms with Crippen LogP contribution in [0.2, 0.25) is 0 Å². The van der Waals surface area contributed by atoms with Crippen molar-refractivity contribution in [2.75, 3.05) is 7.05 Å². The van der Waals surface area contributed by atoms with Gasteiger partial charge in [-0.3, -0.25) is 4.79 Å². The van der Waals surface area contributed by atoms with Crippen LogP contribution in [0.4, 0.5) is 4.39 Å². The van der Waals surface area contributed by atoms with Gasteiger partial charge < -0.3 is 4.90 Å². The molecule has 0 radical (unpaired) electrons. The van der Waals surface area contributed by atoms with Crippen LogP contribution in [0.5, 0.6) is 0 Å². The highest BCUT2D eigenvalue weighted by Crippen LogP contribution is 2.26. The van der Waals surface area contributed by atoms with E-state index in [4.69, 9.17) is 5.14 Å². The van der Waals surface area contributed by atoms with E-state index in [0.29, 0.717) is 0 Å². The third kappa shape index (κ3) is 3.24. The van der Waals surface area contributed by atoms with Crippen LogP contribution in [0.3, 0.4) is 0 Å². The number of carbonyl (C=O) groups is 1. The van der Waals surface area contributed by atoms with Crippen molar-refractivity contribution in [1.82, 2.24) is 4.90 Å². The van der Waals surface area contributed by atoms with Gasteiger partial charge in [0.15, 0.2) is 0 Å². The lowest BCUT2D eigenvalue weighted by Gasteiger charge is -2.25. The van der Waals surface area contributed by atoms with E-state index in [-0.39, 0.29) is 22.1 Å². The van der Waals surface area contributed by atoms with Crippen LogP contribution in [-0.4, -0.2) is 32.3 Å². The molecular weight excluding hydrogens is 295 g/mol. The molecule has 0 bridgehead atoms. The van der Waals surface area contributed by atoms with Gasteiger partial charge in [0, 0.05) is 13.1 Å². The van der Waals surface area contributed by atoms with Crippen molar-refractivity contribution < 1.29 is 17.6 Å². The lowest BCUT2D eigenvalue weighted by molar-refractivity contribution is 0.0730. The second kappa shape index (κ2) is 5.73. The predicted molar refractivity (Wildman–Crippen MR) is 76.9 cm³/mol. The Kier molecular flexibility index (Phi) is 4.34. The Morgan fingerprint density at radius 3 is 2.43 bits per heavy atom. The Labute approximate surface area is 124 Å². The van der Waals surface area contributed by atoms with Crippen LogP contribution in [0.25, 0.3) is 0 Å². The van der Waals surface area contributed by atoms with Crippen LogP contribution >= 0.6 is 0 Å². The van der Waals surface area contributed by atoms with Gasteiger partial charge in [-0.05, 0) is 37.5 Å². The minimum atomic E-state index is -3.98. The molecule has 1 aliphatic carbocycles. The fraction of sp³-hybridized carbons (Fsp3) is 0.500. The Bertz CT molecular complexity index is 667. The molecule has 1 fully saturated rings. The van der Waals surface area contributed by atoms with Crippen molar-refractivity contribution in [3.63, 3.8) is 0 Å². The van der Waals surface area contributed by atoms with Gasteiger partial charge in [0.25, 0.3) is 5.91 Å². The first-order valence-electron chi connectivity index (χ1n) is 6.82. The summed E-state index contributed by atoms with van der Waals surface area (Å²) in [5.74, 6) is -1.20. The first kappa shape index (κ1) is 15.9. The largest absolute Gasteiger partial charge is 0.339 e. The van der Waals surface area contributed by atoms with E-state index in [0.717, 1.165) is 37.8 Å². The first-order chi connectivity index (χ1) is 9.71. The van der Waals surface area contributed by atoms with Gasteiger partial charge in [0.2, 0.25) is 10.0 Å². The lowest BCUT2D eigenvalue weighted by Crippen LogP contribution is -2.36. The molecule has 21 heavy (non-hydrogen) atoms. The second-order valence-electron chi connectivity index (χ2n) is 5.50. The molecule has 1 saturated carbocycles. The molecule has 116 valence electrons.